The molecular weight excluding hydrogens is 226 g/mol. The van der Waals surface area contributed by atoms with Gasteiger partial charge in [0.25, 0.3) is 0 Å². The van der Waals surface area contributed by atoms with Gasteiger partial charge in [0.15, 0.2) is 0 Å². The molecule has 3 heteroatoms. The summed E-state index contributed by atoms with van der Waals surface area (Å²) in [4.78, 5) is 11.5. The Morgan fingerprint density at radius 3 is 2.44 bits per heavy atom. The molecule has 0 bridgehead atoms. The number of esters is 1. The molecule has 108 valence electrons. The van der Waals surface area contributed by atoms with Crippen LogP contribution >= 0.6 is 0 Å². The monoisotopic (exact) mass is 257 g/mol. The fraction of sp³-hybridized carbons (Fsp3) is 0.933. The van der Waals surface area contributed by atoms with Crippen molar-refractivity contribution in [1.82, 2.24) is 5.32 Å². The maximum absolute atomic E-state index is 11.5. The Labute approximate surface area is 113 Å². The molecule has 0 spiro atoms. The van der Waals surface area contributed by atoms with E-state index in [1.54, 1.807) is 0 Å². The van der Waals surface area contributed by atoms with E-state index in [0.717, 1.165) is 19.4 Å². The Morgan fingerprint density at radius 2 is 1.83 bits per heavy atom. The molecule has 18 heavy (non-hydrogen) atoms. The highest BCUT2D eigenvalue weighted by atomic mass is 16.5. The third-order valence-corrected chi connectivity index (χ3v) is 3.25. The molecule has 0 aliphatic rings. The Kier molecular flexibility index (Phi) is 12.5. The van der Waals surface area contributed by atoms with Gasteiger partial charge in [-0.25, -0.2) is 0 Å². The van der Waals surface area contributed by atoms with Crippen molar-refractivity contribution in [2.75, 3.05) is 19.7 Å². The lowest BCUT2D eigenvalue weighted by molar-refractivity contribution is -0.144. The molecule has 0 aromatic rings. The average Bonchev–Trinajstić information content (AvgIpc) is 2.39. The number of carbonyl (C=O) groups is 1. The minimum Gasteiger partial charge on any atom is -0.464 e. The van der Waals surface area contributed by atoms with Gasteiger partial charge < -0.3 is 10.1 Å². The standard InChI is InChI=1S/C15H31NO2/c1-4-7-9-11-16-12-15(17)18-13-14(6-3)10-8-5-2/h14,16H,4-13H2,1-3H3. The zero-order chi connectivity index (χ0) is 13.6. The summed E-state index contributed by atoms with van der Waals surface area (Å²) in [6.07, 6.45) is 8.27. The van der Waals surface area contributed by atoms with Crippen LogP contribution in [-0.2, 0) is 9.53 Å². The first kappa shape index (κ1) is 17.4. The van der Waals surface area contributed by atoms with E-state index in [1.165, 1.54) is 32.1 Å². The number of rotatable bonds is 12. The molecule has 0 rings (SSSR count). The van der Waals surface area contributed by atoms with Crippen LogP contribution in [0.3, 0.4) is 0 Å². The molecule has 0 aromatic carbocycles. The Bertz CT molecular complexity index is 195. The van der Waals surface area contributed by atoms with Crippen molar-refractivity contribution in [3.05, 3.63) is 0 Å². The van der Waals surface area contributed by atoms with Crippen molar-refractivity contribution in [2.45, 2.75) is 65.7 Å². The number of nitrogens with one attached hydrogen (secondary N) is 1. The summed E-state index contributed by atoms with van der Waals surface area (Å²) in [5, 5.41) is 3.13. The normalized spacial score (nSPS) is 12.4. The number of hydrogen-bond acceptors (Lipinski definition) is 3. The van der Waals surface area contributed by atoms with E-state index in [4.69, 9.17) is 4.74 Å². The third kappa shape index (κ3) is 10.6. The summed E-state index contributed by atoms with van der Waals surface area (Å²) >= 11 is 0. The topological polar surface area (TPSA) is 38.3 Å². The number of unbranched alkanes of at least 4 members (excludes halogenated alkanes) is 3. The summed E-state index contributed by atoms with van der Waals surface area (Å²) in [5.74, 6) is 0.426. The Balaban J connectivity index is 3.49. The molecule has 1 unspecified atom stereocenters. The highest BCUT2D eigenvalue weighted by molar-refractivity contribution is 5.71. The summed E-state index contributed by atoms with van der Waals surface area (Å²) < 4.78 is 5.30. The van der Waals surface area contributed by atoms with Crippen LogP contribution in [0.2, 0.25) is 0 Å². The summed E-state index contributed by atoms with van der Waals surface area (Å²) in [6, 6.07) is 0. The Morgan fingerprint density at radius 1 is 1.11 bits per heavy atom. The summed E-state index contributed by atoms with van der Waals surface area (Å²) in [6.45, 7) is 8.39. The lowest BCUT2D eigenvalue weighted by atomic mass is 10.0. The molecule has 0 radical (unpaired) electrons. The van der Waals surface area contributed by atoms with Gasteiger partial charge in [-0.2, -0.15) is 0 Å². The molecule has 3 nitrogen and oxygen atoms in total. The number of carbonyl (C=O) groups excluding carboxylic acids is 1. The summed E-state index contributed by atoms with van der Waals surface area (Å²) in [5.41, 5.74) is 0. The maximum Gasteiger partial charge on any atom is 0.319 e. The van der Waals surface area contributed by atoms with Gasteiger partial charge in [0.1, 0.15) is 0 Å². The van der Waals surface area contributed by atoms with Gasteiger partial charge in [-0.1, -0.05) is 52.9 Å². The van der Waals surface area contributed by atoms with E-state index < -0.39 is 0 Å². The highest BCUT2D eigenvalue weighted by Gasteiger charge is 2.09. The molecule has 0 aliphatic carbocycles. The van der Waals surface area contributed by atoms with Gasteiger partial charge in [0.05, 0.1) is 13.2 Å². The van der Waals surface area contributed by atoms with E-state index in [1.807, 2.05) is 0 Å². The van der Waals surface area contributed by atoms with Crippen molar-refractivity contribution < 1.29 is 9.53 Å². The van der Waals surface area contributed by atoms with E-state index in [-0.39, 0.29) is 5.97 Å². The van der Waals surface area contributed by atoms with Gasteiger partial charge in [-0.3, -0.25) is 4.79 Å². The van der Waals surface area contributed by atoms with Gasteiger partial charge >= 0.3 is 5.97 Å². The van der Waals surface area contributed by atoms with Crippen LogP contribution in [0.5, 0.6) is 0 Å². The highest BCUT2D eigenvalue weighted by Crippen LogP contribution is 2.12. The minimum absolute atomic E-state index is 0.110. The van der Waals surface area contributed by atoms with Gasteiger partial charge in [-0.05, 0) is 25.3 Å². The van der Waals surface area contributed by atoms with Crippen LogP contribution in [0.25, 0.3) is 0 Å². The van der Waals surface area contributed by atoms with E-state index >= 15 is 0 Å². The first-order valence-electron chi connectivity index (χ1n) is 7.60. The molecule has 0 saturated carbocycles. The zero-order valence-corrected chi connectivity index (χ0v) is 12.5. The van der Waals surface area contributed by atoms with Crippen molar-refractivity contribution in [2.24, 2.45) is 5.92 Å². The molecule has 0 aliphatic heterocycles. The zero-order valence-electron chi connectivity index (χ0n) is 12.5. The smallest absolute Gasteiger partial charge is 0.319 e. The average molecular weight is 257 g/mol. The molecule has 1 atom stereocenters. The number of hydrogen-bond donors (Lipinski definition) is 1. The second-order valence-electron chi connectivity index (χ2n) is 4.98. The second-order valence-corrected chi connectivity index (χ2v) is 4.98. The Hall–Kier alpha value is -0.570. The number of ether oxygens (including phenoxy) is 1. The minimum atomic E-state index is -0.110. The van der Waals surface area contributed by atoms with Crippen LogP contribution in [0.4, 0.5) is 0 Å². The van der Waals surface area contributed by atoms with Gasteiger partial charge in [-0.15, -0.1) is 0 Å². The molecule has 0 saturated heterocycles. The van der Waals surface area contributed by atoms with E-state index in [2.05, 4.69) is 26.1 Å². The predicted octanol–water partition coefficient (Wildman–Crippen LogP) is 3.53. The first-order chi connectivity index (χ1) is 8.74. The van der Waals surface area contributed by atoms with Crippen LogP contribution in [0.1, 0.15) is 65.7 Å². The largest absolute Gasteiger partial charge is 0.464 e. The fourth-order valence-electron chi connectivity index (χ4n) is 1.85. The van der Waals surface area contributed by atoms with E-state index in [0.29, 0.717) is 19.1 Å². The lowest BCUT2D eigenvalue weighted by Gasteiger charge is -2.14. The third-order valence-electron chi connectivity index (χ3n) is 3.25. The SMILES string of the molecule is CCCCCNCC(=O)OCC(CC)CCCC. The van der Waals surface area contributed by atoms with Crippen LogP contribution in [0, 0.1) is 5.92 Å². The molecule has 0 heterocycles. The van der Waals surface area contributed by atoms with Gasteiger partial charge in [0, 0.05) is 0 Å². The molecule has 0 aromatic heterocycles. The maximum atomic E-state index is 11.5. The van der Waals surface area contributed by atoms with Crippen molar-refractivity contribution in [3.63, 3.8) is 0 Å². The predicted molar refractivity (Wildman–Crippen MR) is 76.7 cm³/mol. The van der Waals surface area contributed by atoms with Crippen molar-refractivity contribution >= 4 is 5.97 Å². The molecule has 1 N–H and O–H groups in total. The summed E-state index contributed by atoms with van der Waals surface area (Å²) in [7, 11) is 0. The van der Waals surface area contributed by atoms with Gasteiger partial charge in [0.2, 0.25) is 0 Å². The van der Waals surface area contributed by atoms with E-state index in [9.17, 15) is 4.79 Å². The quantitative estimate of drug-likeness (QED) is 0.429. The molecule has 0 amide bonds. The molecule has 0 fully saturated rings. The van der Waals surface area contributed by atoms with Crippen molar-refractivity contribution in [1.29, 1.82) is 0 Å². The fourth-order valence-corrected chi connectivity index (χ4v) is 1.85. The van der Waals surface area contributed by atoms with Crippen LogP contribution in [-0.4, -0.2) is 25.7 Å². The lowest BCUT2D eigenvalue weighted by Crippen LogP contribution is -2.27. The second kappa shape index (κ2) is 12.9. The first-order valence-corrected chi connectivity index (χ1v) is 7.60. The van der Waals surface area contributed by atoms with Crippen LogP contribution < -0.4 is 5.32 Å². The van der Waals surface area contributed by atoms with Crippen LogP contribution in [0.15, 0.2) is 0 Å². The molecular formula is C15H31NO2. The van der Waals surface area contributed by atoms with Crippen molar-refractivity contribution in [3.8, 4) is 0 Å².